The normalized spacial score (nSPS) is 28.4. The van der Waals surface area contributed by atoms with Gasteiger partial charge in [0.2, 0.25) is 5.91 Å². The summed E-state index contributed by atoms with van der Waals surface area (Å²) in [5, 5.41) is 2.04. The number of hydrogen-bond acceptors (Lipinski definition) is 3. The molecule has 0 aromatic carbocycles. The number of imide groups is 1. The lowest BCUT2D eigenvalue weighted by Gasteiger charge is -2.12. The summed E-state index contributed by atoms with van der Waals surface area (Å²) >= 11 is 0. The summed E-state index contributed by atoms with van der Waals surface area (Å²) in [6.07, 6.45) is 2.54. The van der Waals surface area contributed by atoms with Crippen molar-refractivity contribution in [2.45, 2.75) is 25.3 Å². The van der Waals surface area contributed by atoms with Gasteiger partial charge in [-0.2, -0.15) is 0 Å². The number of carbonyl (C=O) groups is 2. The second-order valence-corrected chi connectivity index (χ2v) is 3.05. The molecule has 1 saturated carbocycles. The molecule has 0 heterocycles. The number of rotatable bonds is 1. The molecule has 0 saturated heterocycles. The monoisotopic (exact) mass is 171 g/mol. The molecule has 1 rings (SSSR count). The Morgan fingerprint density at radius 2 is 2.00 bits per heavy atom. The van der Waals surface area contributed by atoms with Crippen molar-refractivity contribution < 1.29 is 9.59 Å². The zero-order valence-electron chi connectivity index (χ0n) is 6.75. The SMILES string of the molecule is NC(=O)NC(=O)C1CCCC1N. The lowest BCUT2D eigenvalue weighted by atomic mass is 10.0. The van der Waals surface area contributed by atoms with E-state index < -0.39 is 6.03 Å². The minimum atomic E-state index is -0.806. The molecule has 5 N–H and O–H groups in total. The van der Waals surface area contributed by atoms with Crippen molar-refractivity contribution in [2.24, 2.45) is 17.4 Å². The lowest BCUT2D eigenvalue weighted by Crippen LogP contribution is -2.43. The fraction of sp³-hybridized carbons (Fsp3) is 0.714. The molecule has 0 spiro atoms. The van der Waals surface area contributed by atoms with Gasteiger partial charge in [0.25, 0.3) is 0 Å². The quantitative estimate of drug-likeness (QED) is 0.487. The largest absolute Gasteiger partial charge is 0.351 e. The van der Waals surface area contributed by atoms with Crippen LogP contribution in [0.1, 0.15) is 19.3 Å². The van der Waals surface area contributed by atoms with Crippen LogP contribution in [0.15, 0.2) is 0 Å². The van der Waals surface area contributed by atoms with Crippen molar-refractivity contribution in [1.82, 2.24) is 5.32 Å². The molecular weight excluding hydrogens is 158 g/mol. The van der Waals surface area contributed by atoms with Crippen molar-refractivity contribution in [3.8, 4) is 0 Å². The molecule has 12 heavy (non-hydrogen) atoms. The first-order chi connectivity index (χ1) is 5.61. The molecule has 5 nitrogen and oxygen atoms in total. The van der Waals surface area contributed by atoms with Crippen LogP contribution in [0.25, 0.3) is 0 Å². The fourth-order valence-corrected chi connectivity index (χ4v) is 1.53. The number of carbonyl (C=O) groups excluding carboxylic acids is 2. The molecule has 1 aliphatic carbocycles. The predicted octanol–water partition coefficient (Wildman–Crippen LogP) is -0.691. The summed E-state index contributed by atoms with van der Waals surface area (Å²) < 4.78 is 0. The third-order valence-corrected chi connectivity index (χ3v) is 2.15. The van der Waals surface area contributed by atoms with Crippen molar-refractivity contribution >= 4 is 11.9 Å². The van der Waals surface area contributed by atoms with E-state index in [-0.39, 0.29) is 17.9 Å². The van der Waals surface area contributed by atoms with Gasteiger partial charge in [-0.25, -0.2) is 4.79 Å². The molecule has 0 aliphatic heterocycles. The molecule has 2 unspecified atom stereocenters. The number of primary amides is 1. The Bertz CT molecular complexity index is 205. The van der Waals surface area contributed by atoms with Gasteiger partial charge in [0.1, 0.15) is 0 Å². The van der Waals surface area contributed by atoms with Gasteiger partial charge in [-0.15, -0.1) is 0 Å². The molecule has 0 radical (unpaired) electrons. The van der Waals surface area contributed by atoms with Crippen molar-refractivity contribution in [3.05, 3.63) is 0 Å². The number of nitrogens with two attached hydrogens (primary N) is 2. The highest BCUT2D eigenvalue weighted by molar-refractivity contribution is 5.95. The van der Waals surface area contributed by atoms with Gasteiger partial charge in [0.05, 0.1) is 5.92 Å². The topological polar surface area (TPSA) is 98.2 Å². The van der Waals surface area contributed by atoms with Crippen LogP contribution in [0, 0.1) is 5.92 Å². The number of hydrogen-bond donors (Lipinski definition) is 3. The van der Waals surface area contributed by atoms with E-state index in [4.69, 9.17) is 11.5 Å². The van der Waals surface area contributed by atoms with Crippen LogP contribution in [0.3, 0.4) is 0 Å². The lowest BCUT2D eigenvalue weighted by molar-refractivity contribution is -0.123. The van der Waals surface area contributed by atoms with E-state index in [0.29, 0.717) is 0 Å². The highest BCUT2D eigenvalue weighted by Crippen LogP contribution is 2.23. The van der Waals surface area contributed by atoms with Crippen LogP contribution in [0.5, 0.6) is 0 Å². The van der Waals surface area contributed by atoms with Crippen molar-refractivity contribution in [1.29, 1.82) is 0 Å². The minimum absolute atomic E-state index is 0.121. The van der Waals surface area contributed by atoms with Crippen LogP contribution in [-0.4, -0.2) is 18.0 Å². The zero-order chi connectivity index (χ0) is 9.14. The number of urea groups is 1. The minimum Gasteiger partial charge on any atom is -0.351 e. The van der Waals surface area contributed by atoms with E-state index in [1.165, 1.54) is 0 Å². The van der Waals surface area contributed by atoms with E-state index in [9.17, 15) is 9.59 Å². The van der Waals surface area contributed by atoms with Gasteiger partial charge >= 0.3 is 6.03 Å². The zero-order valence-corrected chi connectivity index (χ0v) is 6.75. The molecule has 3 amide bonds. The molecule has 0 bridgehead atoms. The van der Waals surface area contributed by atoms with Gasteiger partial charge in [0, 0.05) is 6.04 Å². The smallest absolute Gasteiger partial charge is 0.318 e. The molecule has 68 valence electrons. The van der Waals surface area contributed by atoms with Crippen LogP contribution in [-0.2, 0) is 4.79 Å². The Kier molecular flexibility index (Phi) is 2.65. The maximum absolute atomic E-state index is 11.2. The summed E-state index contributed by atoms with van der Waals surface area (Å²) in [4.78, 5) is 21.5. The Labute approximate surface area is 70.5 Å². The Morgan fingerprint density at radius 1 is 1.33 bits per heavy atom. The van der Waals surface area contributed by atoms with E-state index in [0.717, 1.165) is 19.3 Å². The van der Waals surface area contributed by atoms with Gasteiger partial charge in [-0.1, -0.05) is 6.42 Å². The van der Waals surface area contributed by atoms with Crippen LogP contribution in [0.4, 0.5) is 4.79 Å². The second-order valence-electron chi connectivity index (χ2n) is 3.05. The summed E-state index contributed by atoms with van der Waals surface area (Å²) in [6.45, 7) is 0. The van der Waals surface area contributed by atoms with Crippen molar-refractivity contribution in [2.75, 3.05) is 0 Å². The van der Waals surface area contributed by atoms with Gasteiger partial charge in [-0.3, -0.25) is 10.1 Å². The maximum Gasteiger partial charge on any atom is 0.318 e. The van der Waals surface area contributed by atoms with E-state index in [2.05, 4.69) is 0 Å². The second kappa shape index (κ2) is 3.53. The fourth-order valence-electron chi connectivity index (χ4n) is 1.53. The standard InChI is InChI=1S/C7H13N3O2/c8-5-3-1-2-4(5)6(11)10-7(9)12/h4-5H,1-3,8H2,(H3,9,10,11,12). The van der Waals surface area contributed by atoms with Crippen molar-refractivity contribution in [3.63, 3.8) is 0 Å². The summed E-state index contributed by atoms with van der Waals surface area (Å²) in [7, 11) is 0. The Balaban J connectivity index is 2.46. The molecule has 1 aliphatic rings. The molecule has 2 atom stereocenters. The summed E-state index contributed by atoms with van der Waals surface area (Å²) in [5.74, 6) is -0.579. The predicted molar refractivity (Wildman–Crippen MR) is 43.0 cm³/mol. The van der Waals surface area contributed by atoms with E-state index in [1.807, 2.05) is 5.32 Å². The third kappa shape index (κ3) is 1.94. The first-order valence-corrected chi connectivity index (χ1v) is 3.97. The van der Waals surface area contributed by atoms with Crippen LogP contribution in [0.2, 0.25) is 0 Å². The first-order valence-electron chi connectivity index (χ1n) is 3.97. The molecule has 0 aromatic heterocycles. The van der Waals surface area contributed by atoms with Gasteiger partial charge < -0.3 is 11.5 Å². The van der Waals surface area contributed by atoms with Gasteiger partial charge in [0.15, 0.2) is 0 Å². The summed E-state index contributed by atoms with van der Waals surface area (Å²) in [5.41, 5.74) is 10.4. The highest BCUT2D eigenvalue weighted by Gasteiger charge is 2.30. The first kappa shape index (κ1) is 8.99. The summed E-state index contributed by atoms with van der Waals surface area (Å²) in [6, 6.07) is -0.927. The van der Waals surface area contributed by atoms with Crippen LogP contribution >= 0.6 is 0 Å². The number of amides is 3. The third-order valence-electron chi connectivity index (χ3n) is 2.15. The molecule has 5 heteroatoms. The maximum atomic E-state index is 11.2. The van der Waals surface area contributed by atoms with Crippen LogP contribution < -0.4 is 16.8 Å². The molecule has 1 fully saturated rings. The van der Waals surface area contributed by atoms with Gasteiger partial charge in [-0.05, 0) is 12.8 Å². The van der Waals surface area contributed by atoms with E-state index in [1.54, 1.807) is 0 Å². The van der Waals surface area contributed by atoms with E-state index >= 15 is 0 Å². The molecular formula is C7H13N3O2. The average Bonchev–Trinajstić information content (AvgIpc) is 2.33. The Hall–Kier alpha value is -1.10. The Morgan fingerprint density at radius 3 is 2.42 bits per heavy atom. The highest BCUT2D eigenvalue weighted by atomic mass is 16.2. The average molecular weight is 171 g/mol. The number of nitrogens with one attached hydrogen (secondary N) is 1. The molecule has 0 aromatic rings.